The Kier molecular flexibility index (Phi) is 11.0. The van der Waals surface area contributed by atoms with E-state index in [-0.39, 0.29) is 36.1 Å². The summed E-state index contributed by atoms with van der Waals surface area (Å²) < 4.78 is 13.1. The lowest BCUT2D eigenvalue weighted by molar-refractivity contribution is 0.229. The van der Waals surface area contributed by atoms with E-state index in [4.69, 9.17) is 14.5 Å². The van der Waals surface area contributed by atoms with Crippen LogP contribution in [0.15, 0.2) is 29.3 Å². The Balaban J connectivity index is 0.00000450. The number of rotatable bonds is 9. The van der Waals surface area contributed by atoms with Crippen molar-refractivity contribution in [2.24, 2.45) is 12.0 Å². The molecule has 0 bridgehead atoms. The standard InChI is InChI=1S/C22H35N5O2.HI/c1-8-23-22(25-15(2)12-21-17(4)26-27(6)18(21)5)24-14-16(3)29-20-11-9-10-19(13-20)28-7;/h9-11,13,15-16H,8,12,14H2,1-7H3,(H2,23,24,25);1H. The van der Waals surface area contributed by atoms with Crippen molar-refractivity contribution in [3.05, 3.63) is 41.2 Å². The molecule has 30 heavy (non-hydrogen) atoms. The number of nitrogens with zero attached hydrogens (tertiary/aromatic N) is 3. The average molecular weight is 529 g/mol. The lowest BCUT2D eigenvalue weighted by atomic mass is 10.1. The number of aromatic nitrogens is 2. The van der Waals surface area contributed by atoms with E-state index in [0.29, 0.717) is 6.54 Å². The molecule has 2 N–H and O–H groups in total. The first kappa shape index (κ1) is 26.1. The van der Waals surface area contributed by atoms with Crippen LogP contribution in [0.3, 0.4) is 0 Å². The van der Waals surface area contributed by atoms with Crippen molar-refractivity contribution in [3.8, 4) is 11.5 Å². The quantitative estimate of drug-likeness (QED) is 0.295. The number of guanidine groups is 1. The van der Waals surface area contributed by atoms with Crippen molar-refractivity contribution in [1.82, 2.24) is 20.4 Å². The van der Waals surface area contributed by atoms with Gasteiger partial charge >= 0.3 is 0 Å². The number of nitrogens with one attached hydrogen (secondary N) is 2. The van der Waals surface area contributed by atoms with Crippen LogP contribution >= 0.6 is 24.0 Å². The predicted octanol–water partition coefficient (Wildman–Crippen LogP) is 3.62. The molecule has 2 unspecified atom stereocenters. The van der Waals surface area contributed by atoms with Crippen LogP contribution in [0.2, 0.25) is 0 Å². The fraction of sp³-hybridized carbons (Fsp3) is 0.545. The molecule has 0 aliphatic carbocycles. The molecule has 2 rings (SSSR count). The number of aryl methyl sites for hydroxylation is 2. The van der Waals surface area contributed by atoms with Gasteiger partial charge in [-0.2, -0.15) is 5.10 Å². The zero-order valence-electron chi connectivity index (χ0n) is 19.2. The number of hydrogen-bond donors (Lipinski definition) is 2. The summed E-state index contributed by atoms with van der Waals surface area (Å²) in [5, 5.41) is 11.3. The van der Waals surface area contributed by atoms with Crippen molar-refractivity contribution in [1.29, 1.82) is 0 Å². The second-order valence-electron chi connectivity index (χ2n) is 7.35. The molecule has 0 saturated carbocycles. The Morgan fingerprint density at radius 1 is 1.23 bits per heavy atom. The topological polar surface area (TPSA) is 72.7 Å². The summed E-state index contributed by atoms with van der Waals surface area (Å²) in [6.07, 6.45) is 0.835. The molecule has 0 spiro atoms. The smallest absolute Gasteiger partial charge is 0.191 e. The zero-order valence-corrected chi connectivity index (χ0v) is 21.5. The minimum Gasteiger partial charge on any atom is -0.497 e. The van der Waals surface area contributed by atoms with E-state index in [0.717, 1.165) is 36.1 Å². The van der Waals surface area contributed by atoms with Crippen LogP contribution in [-0.2, 0) is 13.5 Å². The van der Waals surface area contributed by atoms with Gasteiger partial charge in [0.15, 0.2) is 5.96 Å². The molecule has 0 fully saturated rings. The van der Waals surface area contributed by atoms with Gasteiger partial charge < -0.3 is 20.1 Å². The van der Waals surface area contributed by atoms with E-state index in [1.165, 1.54) is 11.3 Å². The van der Waals surface area contributed by atoms with E-state index >= 15 is 0 Å². The van der Waals surface area contributed by atoms with Gasteiger partial charge in [0, 0.05) is 31.4 Å². The number of halogens is 1. The van der Waals surface area contributed by atoms with Gasteiger partial charge in [0.1, 0.15) is 17.6 Å². The Hall–Kier alpha value is -1.97. The molecule has 1 aromatic heterocycles. The minimum atomic E-state index is -0.0596. The van der Waals surface area contributed by atoms with Gasteiger partial charge in [0.05, 0.1) is 19.3 Å². The van der Waals surface area contributed by atoms with Crippen molar-refractivity contribution in [2.75, 3.05) is 20.2 Å². The van der Waals surface area contributed by atoms with Crippen molar-refractivity contribution in [3.63, 3.8) is 0 Å². The molecule has 0 saturated heterocycles. The summed E-state index contributed by atoms with van der Waals surface area (Å²) in [5.74, 6) is 2.35. The number of aliphatic imine (C=N–C) groups is 1. The molecule has 2 atom stereocenters. The maximum Gasteiger partial charge on any atom is 0.191 e. The largest absolute Gasteiger partial charge is 0.497 e. The summed E-state index contributed by atoms with van der Waals surface area (Å²) in [4.78, 5) is 4.70. The van der Waals surface area contributed by atoms with Crippen LogP contribution < -0.4 is 20.1 Å². The fourth-order valence-corrected chi connectivity index (χ4v) is 3.19. The van der Waals surface area contributed by atoms with Crippen molar-refractivity contribution in [2.45, 2.75) is 53.2 Å². The van der Waals surface area contributed by atoms with Gasteiger partial charge in [-0.15, -0.1) is 24.0 Å². The molecule has 0 radical (unpaired) electrons. The third-order valence-electron chi connectivity index (χ3n) is 4.78. The van der Waals surface area contributed by atoms with Gasteiger partial charge in [0.2, 0.25) is 0 Å². The zero-order chi connectivity index (χ0) is 21.4. The van der Waals surface area contributed by atoms with E-state index in [9.17, 15) is 0 Å². The maximum absolute atomic E-state index is 5.97. The van der Waals surface area contributed by atoms with Gasteiger partial charge in [-0.1, -0.05) is 6.07 Å². The normalized spacial score (nSPS) is 13.2. The predicted molar refractivity (Wildman–Crippen MR) is 133 cm³/mol. The van der Waals surface area contributed by atoms with Crippen molar-refractivity contribution >= 4 is 29.9 Å². The average Bonchev–Trinajstić information content (AvgIpc) is 2.92. The molecule has 8 heteroatoms. The van der Waals surface area contributed by atoms with E-state index in [1.54, 1.807) is 7.11 Å². The molecule has 1 heterocycles. The summed E-state index contributed by atoms with van der Waals surface area (Å²) in [6.45, 7) is 11.8. The summed E-state index contributed by atoms with van der Waals surface area (Å²) in [5.41, 5.74) is 3.58. The van der Waals surface area contributed by atoms with E-state index < -0.39 is 0 Å². The number of hydrogen-bond acceptors (Lipinski definition) is 4. The molecule has 0 amide bonds. The lowest BCUT2D eigenvalue weighted by Crippen LogP contribution is -2.43. The molecule has 168 valence electrons. The van der Waals surface area contributed by atoms with E-state index in [1.807, 2.05) is 42.9 Å². The SMILES string of the molecule is CCNC(=NCC(C)Oc1cccc(OC)c1)NC(C)Cc1c(C)nn(C)c1C.I. The fourth-order valence-electron chi connectivity index (χ4n) is 3.19. The summed E-state index contributed by atoms with van der Waals surface area (Å²) in [7, 11) is 3.63. The van der Waals surface area contributed by atoms with Crippen LogP contribution in [0.5, 0.6) is 11.5 Å². The molecular weight excluding hydrogens is 493 g/mol. The third-order valence-corrected chi connectivity index (χ3v) is 4.78. The lowest BCUT2D eigenvalue weighted by Gasteiger charge is -2.19. The first-order chi connectivity index (χ1) is 13.8. The molecular formula is C22H36IN5O2. The van der Waals surface area contributed by atoms with Gasteiger partial charge in [-0.3, -0.25) is 4.68 Å². The van der Waals surface area contributed by atoms with Crippen LogP contribution in [0, 0.1) is 13.8 Å². The first-order valence-corrected chi connectivity index (χ1v) is 10.2. The molecule has 0 aliphatic rings. The second kappa shape index (κ2) is 12.7. The van der Waals surface area contributed by atoms with Gasteiger partial charge in [-0.25, -0.2) is 4.99 Å². The highest BCUT2D eigenvalue weighted by atomic mass is 127. The molecule has 0 aliphatic heterocycles. The number of methoxy groups -OCH3 is 1. The highest BCUT2D eigenvalue weighted by Crippen LogP contribution is 2.20. The number of benzene rings is 1. The summed E-state index contributed by atoms with van der Waals surface area (Å²) in [6, 6.07) is 7.84. The molecule has 1 aromatic carbocycles. The first-order valence-electron chi connectivity index (χ1n) is 10.2. The summed E-state index contributed by atoms with van der Waals surface area (Å²) >= 11 is 0. The second-order valence-corrected chi connectivity index (χ2v) is 7.35. The molecule has 2 aromatic rings. The third kappa shape index (κ3) is 7.70. The Labute approximate surface area is 197 Å². The van der Waals surface area contributed by atoms with Crippen molar-refractivity contribution < 1.29 is 9.47 Å². The Morgan fingerprint density at radius 3 is 2.53 bits per heavy atom. The molecule has 7 nitrogen and oxygen atoms in total. The minimum absolute atomic E-state index is 0. The Bertz CT molecular complexity index is 822. The van der Waals surface area contributed by atoms with Crippen LogP contribution in [0.4, 0.5) is 0 Å². The van der Waals surface area contributed by atoms with E-state index in [2.05, 4.69) is 43.4 Å². The van der Waals surface area contributed by atoms with Crippen LogP contribution in [-0.4, -0.2) is 48.1 Å². The maximum atomic E-state index is 5.97. The highest BCUT2D eigenvalue weighted by Gasteiger charge is 2.14. The van der Waals surface area contributed by atoms with Crippen LogP contribution in [0.25, 0.3) is 0 Å². The van der Waals surface area contributed by atoms with Crippen LogP contribution in [0.1, 0.15) is 37.7 Å². The van der Waals surface area contributed by atoms with Gasteiger partial charge in [0.25, 0.3) is 0 Å². The van der Waals surface area contributed by atoms with Gasteiger partial charge in [-0.05, 0) is 58.7 Å². The highest BCUT2D eigenvalue weighted by molar-refractivity contribution is 14.0. The Morgan fingerprint density at radius 2 is 1.93 bits per heavy atom. The number of ether oxygens (including phenoxy) is 2. The monoisotopic (exact) mass is 529 g/mol.